The Bertz CT molecular complexity index is 349. The van der Waals surface area contributed by atoms with Crippen molar-refractivity contribution in [3.8, 4) is 0 Å². The second-order valence-corrected chi connectivity index (χ2v) is 5.96. The summed E-state index contributed by atoms with van der Waals surface area (Å²) in [7, 11) is 1.49. The van der Waals surface area contributed by atoms with Crippen LogP contribution < -0.4 is 0 Å². The Hall–Kier alpha value is -1.30. The van der Waals surface area contributed by atoms with Crippen molar-refractivity contribution >= 4 is 12.1 Å². The van der Waals surface area contributed by atoms with Gasteiger partial charge in [0.25, 0.3) is 0 Å². The van der Waals surface area contributed by atoms with E-state index < -0.39 is 23.3 Å². The van der Waals surface area contributed by atoms with Gasteiger partial charge in [-0.3, -0.25) is 4.79 Å². The van der Waals surface area contributed by atoms with E-state index in [1.165, 1.54) is 12.0 Å². The lowest BCUT2D eigenvalue weighted by Gasteiger charge is -2.41. The molecule has 1 unspecified atom stereocenters. The summed E-state index contributed by atoms with van der Waals surface area (Å²) in [4.78, 5) is 24.5. The van der Waals surface area contributed by atoms with Gasteiger partial charge in [-0.1, -0.05) is 0 Å². The number of hydrogen-bond donors (Lipinski definition) is 1. The Morgan fingerprint density at radius 1 is 1.37 bits per heavy atom. The van der Waals surface area contributed by atoms with Gasteiger partial charge in [-0.15, -0.1) is 0 Å². The number of carboxylic acids is 1. The van der Waals surface area contributed by atoms with E-state index in [-0.39, 0.29) is 13.0 Å². The van der Waals surface area contributed by atoms with Gasteiger partial charge < -0.3 is 19.5 Å². The number of carboxylic acid groups (broad SMARTS) is 1. The summed E-state index contributed by atoms with van der Waals surface area (Å²) >= 11 is 0. The predicted molar refractivity (Wildman–Crippen MR) is 69.0 cm³/mol. The van der Waals surface area contributed by atoms with Crippen LogP contribution in [0.5, 0.6) is 0 Å². The van der Waals surface area contributed by atoms with Crippen molar-refractivity contribution in [1.82, 2.24) is 4.90 Å². The first-order chi connectivity index (χ1) is 8.67. The van der Waals surface area contributed by atoms with Crippen LogP contribution in [0.4, 0.5) is 4.79 Å². The molecule has 0 radical (unpaired) electrons. The maximum atomic E-state index is 12.0. The first-order valence-electron chi connectivity index (χ1n) is 6.42. The number of carbonyl (C=O) groups is 2. The number of piperidine rings is 1. The van der Waals surface area contributed by atoms with Crippen LogP contribution in [-0.4, -0.2) is 53.5 Å². The molecule has 1 fully saturated rings. The number of aliphatic carboxylic acids is 1. The molecule has 1 rings (SSSR count). The summed E-state index contributed by atoms with van der Waals surface area (Å²) in [5.41, 5.74) is -1.36. The summed E-state index contributed by atoms with van der Waals surface area (Å²) in [5, 5.41) is 8.96. The molecular formula is C13H23NO5. The lowest BCUT2D eigenvalue weighted by atomic mass is 9.89. The molecule has 0 aliphatic carbocycles. The highest BCUT2D eigenvalue weighted by Crippen LogP contribution is 2.29. The molecule has 1 aliphatic heterocycles. The quantitative estimate of drug-likeness (QED) is 0.849. The molecule has 1 aliphatic rings. The van der Waals surface area contributed by atoms with Crippen LogP contribution in [-0.2, 0) is 14.3 Å². The molecule has 0 bridgehead atoms. The number of ether oxygens (including phenoxy) is 2. The topological polar surface area (TPSA) is 76.1 Å². The van der Waals surface area contributed by atoms with Crippen molar-refractivity contribution in [2.45, 2.75) is 51.2 Å². The first kappa shape index (κ1) is 15.8. The normalized spacial score (nSPS) is 24.1. The predicted octanol–water partition coefficient (Wildman–Crippen LogP) is 1.88. The smallest absolute Gasteiger partial charge is 0.410 e. The second kappa shape index (κ2) is 5.77. The van der Waals surface area contributed by atoms with Crippen LogP contribution in [0.25, 0.3) is 0 Å². The van der Waals surface area contributed by atoms with Crippen LogP contribution in [0.15, 0.2) is 0 Å². The highest BCUT2D eigenvalue weighted by Gasteiger charge is 2.40. The van der Waals surface area contributed by atoms with Crippen LogP contribution in [0.2, 0.25) is 0 Å². The third-order valence-corrected chi connectivity index (χ3v) is 3.10. The zero-order valence-corrected chi connectivity index (χ0v) is 12.1. The zero-order chi connectivity index (χ0) is 14.7. The van der Waals surface area contributed by atoms with E-state index in [4.69, 9.17) is 14.6 Å². The van der Waals surface area contributed by atoms with E-state index in [1.54, 1.807) is 20.8 Å². The average Bonchev–Trinajstić information content (AvgIpc) is 2.26. The molecule has 1 amide bonds. The number of methoxy groups -OCH3 is 1. The monoisotopic (exact) mass is 273 g/mol. The highest BCUT2D eigenvalue weighted by molar-refractivity contribution is 5.70. The summed E-state index contributed by atoms with van der Waals surface area (Å²) in [6.07, 6.45) is 0.817. The van der Waals surface area contributed by atoms with Crippen molar-refractivity contribution in [2.75, 3.05) is 20.2 Å². The molecule has 19 heavy (non-hydrogen) atoms. The summed E-state index contributed by atoms with van der Waals surface area (Å²) < 4.78 is 10.7. The Balaban J connectivity index is 2.72. The largest absolute Gasteiger partial charge is 0.481 e. The Morgan fingerprint density at radius 2 is 2.00 bits per heavy atom. The van der Waals surface area contributed by atoms with Crippen LogP contribution >= 0.6 is 0 Å². The van der Waals surface area contributed by atoms with Crippen molar-refractivity contribution in [3.63, 3.8) is 0 Å². The van der Waals surface area contributed by atoms with Gasteiger partial charge in [0.15, 0.2) is 0 Å². The molecule has 6 nitrogen and oxygen atoms in total. The van der Waals surface area contributed by atoms with E-state index in [2.05, 4.69) is 0 Å². The van der Waals surface area contributed by atoms with Gasteiger partial charge in [0.2, 0.25) is 0 Å². The van der Waals surface area contributed by atoms with Gasteiger partial charge in [-0.25, -0.2) is 4.79 Å². The lowest BCUT2D eigenvalue weighted by Crippen LogP contribution is -2.53. The molecule has 0 saturated carbocycles. The summed E-state index contributed by atoms with van der Waals surface area (Å²) in [6, 6.07) is 0. The van der Waals surface area contributed by atoms with Crippen molar-refractivity contribution in [3.05, 3.63) is 0 Å². The van der Waals surface area contributed by atoms with Crippen LogP contribution in [0.3, 0.4) is 0 Å². The number of rotatable bonds is 3. The van der Waals surface area contributed by atoms with Crippen molar-refractivity contribution < 1.29 is 24.2 Å². The van der Waals surface area contributed by atoms with Gasteiger partial charge in [0.05, 0.1) is 18.6 Å². The molecule has 0 aromatic heterocycles. The maximum absolute atomic E-state index is 12.0. The van der Waals surface area contributed by atoms with Gasteiger partial charge >= 0.3 is 12.1 Å². The van der Waals surface area contributed by atoms with E-state index in [0.29, 0.717) is 19.4 Å². The number of carbonyl (C=O) groups excluding carboxylic acids is 1. The number of amides is 1. The minimum Gasteiger partial charge on any atom is -0.481 e. The molecule has 1 heterocycles. The standard InChI is InChI=1S/C13H23NO5/c1-12(2,3)19-11(17)14-7-5-6-13(9-14,18-4)8-10(15)16/h5-9H2,1-4H3,(H,15,16). The minimum absolute atomic E-state index is 0.108. The fourth-order valence-electron chi connectivity index (χ4n) is 2.24. The van der Waals surface area contributed by atoms with Crippen LogP contribution in [0, 0.1) is 0 Å². The van der Waals surface area contributed by atoms with Gasteiger partial charge in [0, 0.05) is 13.7 Å². The second-order valence-electron chi connectivity index (χ2n) is 5.96. The summed E-state index contributed by atoms with van der Waals surface area (Å²) in [5.74, 6) is -0.923. The van der Waals surface area contributed by atoms with Gasteiger partial charge in [-0.2, -0.15) is 0 Å². The fourth-order valence-corrected chi connectivity index (χ4v) is 2.24. The molecule has 1 saturated heterocycles. The van der Waals surface area contributed by atoms with E-state index in [1.807, 2.05) is 0 Å². The molecule has 1 N–H and O–H groups in total. The molecule has 6 heteroatoms. The average molecular weight is 273 g/mol. The third-order valence-electron chi connectivity index (χ3n) is 3.10. The molecule has 0 aromatic rings. The molecule has 0 aromatic carbocycles. The highest BCUT2D eigenvalue weighted by atomic mass is 16.6. The Labute approximate surface area is 113 Å². The Morgan fingerprint density at radius 3 is 2.47 bits per heavy atom. The fraction of sp³-hybridized carbons (Fsp3) is 0.846. The lowest BCUT2D eigenvalue weighted by molar-refractivity contribution is -0.147. The number of hydrogen-bond acceptors (Lipinski definition) is 4. The van der Waals surface area contributed by atoms with Crippen LogP contribution in [0.1, 0.15) is 40.0 Å². The van der Waals surface area contributed by atoms with Gasteiger partial charge in [-0.05, 0) is 33.6 Å². The van der Waals surface area contributed by atoms with Gasteiger partial charge in [0.1, 0.15) is 5.60 Å². The minimum atomic E-state index is -0.923. The molecule has 110 valence electrons. The third kappa shape index (κ3) is 4.70. The molecule has 1 atom stereocenters. The maximum Gasteiger partial charge on any atom is 0.410 e. The molecular weight excluding hydrogens is 250 g/mol. The van der Waals surface area contributed by atoms with E-state index in [9.17, 15) is 9.59 Å². The first-order valence-corrected chi connectivity index (χ1v) is 6.42. The van der Waals surface area contributed by atoms with Crippen molar-refractivity contribution in [2.24, 2.45) is 0 Å². The van der Waals surface area contributed by atoms with Crippen molar-refractivity contribution in [1.29, 1.82) is 0 Å². The van der Waals surface area contributed by atoms with E-state index >= 15 is 0 Å². The number of likely N-dealkylation sites (tertiary alicyclic amines) is 1. The Kier molecular flexibility index (Phi) is 4.79. The SMILES string of the molecule is COC1(CC(=O)O)CCCN(C(=O)OC(C)(C)C)C1. The van der Waals surface area contributed by atoms with E-state index in [0.717, 1.165) is 0 Å². The number of nitrogens with zero attached hydrogens (tertiary/aromatic N) is 1. The zero-order valence-electron chi connectivity index (χ0n) is 12.1. The summed E-state index contributed by atoms with van der Waals surface area (Å²) in [6.45, 7) is 6.23. The molecule has 0 spiro atoms.